The number of aliphatic carboxylic acids is 1. The Morgan fingerprint density at radius 3 is 2.90 bits per heavy atom. The van der Waals surface area contributed by atoms with E-state index in [1.165, 1.54) is 4.90 Å². The zero-order valence-electron chi connectivity index (χ0n) is 11.0. The maximum absolute atomic E-state index is 10.9. The third kappa shape index (κ3) is 2.71. The van der Waals surface area contributed by atoms with Gasteiger partial charge in [-0.05, 0) is 28.1 Å². The SMILES string of the molecule is O=C([O-])C1CC[NH+](Cc2cnc3ccc(Br)cn23)CC1. The van der Waals surface area contributed by atoms with Crippen molar-refractivity contribution in [2.75, 3.05) is 13.1 Å². The quantitative estimate of drug-likeness (QED) is 0.832. The second kappa shape index (κ2) is 5.54. The summed E-state index contributed by atoms with van der Waals surface area (Å²) < 4.78 is 3.11. The summed E-state index contributed by atoms with van der Waals surface area (Å²) >= 11 is 3.47. The Hall–Kier alpha value is -1.40. The standard InChI is InChI=1S/C14H16BrN3O2/c15-11-1-2-13-16-7-12(18(13)8-11)9-17-5-3-10(4-6-17)14(19)20/h1-2,7-8,10H,3-6,9H2,(H,19,20). The predicted molar refractivity (Wildman–Crippen MR) is 75.0 cm³/mol. The second-order valence-corrected chi connectivity index (χ2v) is 6.26. The van der Waals surface area contributed by atoms with Gasteiger partial charge < -0.3 is 14.8 Å². The first-order valence-corrected chi connectivity index (χ1v) is 7.58. The molecule has 1 saturated heterocycles. The second-order valence-electron chi connectivity index (χ2n) is 5.35. The number of hydrogen-bond acceptors (Lipinski definition) is 3. The zero-order valence-corrected chi connectivity index (χ0v) is 12.6. The first-order chi connectivity index (χ1) is 9.63. The first kappa shape index (κ1) is 13.6. The Kier molecular flexibility index (Phi) is 3.76. The molecule has 0 aromatic carbocycles. The number of halogens is 1. The van der Waals surface area contributed by atoms with Crippen molar-refractivity contribution >= 4 is 27.5 Å². The van der Waals surface area contributed by atoms with Crippen LogP contribution >= 0.6 is 15.9 Å². The van der Waals surface area contributed by atoms with Crippen molar-refractivity contribution in [1.29, 1.82) is 0 Å². The molecule has 2 aromatic rings. The van der Waals surface area contributed by atoms with Gasteiger partial charge in [-0.3, -0.25) is 4.40 Å². The van der Waals surface area contributed by atoms with E-state index in [0.717, 1.165) is 35.4 Å². The fraction of sp³-hybridized carbons (Fsp3) is 0.429. The number of fused-ring (bicyclic) bond motifs is 1. The van der Waals surface area contributed by atoms with Gasteiger partial charge in [0.25, 0.3) is 0 Å². The molecule has 106 valence electrons. The van der Waals surface area contributed by atoms with Crippen molar-refractivity contribution in [2.24, 2.45) is 5.92 Å². The molecule has 0 saturated carbocycles. The van der Waals surface area contributed by atoms with Gasteiger partial charge in [-0.15, -0.1) is 0 Å². The van der Waals surface area contributed by atoms with Crippen molar-refractivity contribution in [3.63, 3.8) is 0 Å². The molecule has 1 fully saturated rings. The number of hydrogen-bond donors (Lipinski definition) is 1. The highest BCUT2D eigenvalue weighted by Gasteiger charge is 2.23. The minimum Gasteiger partial charge on any atom is -0.550 e. The van der Waals surface area contributed by atoms with Crippen LogP contribution < -0.4 is 10.0 Å². The average molecular weight is 338 g/mol. The van der Waals surface area contributed by atoms with Crippen LogP contribution in [0.25, 0.3) is 5.65 Å². The molecule has 3 heterocycles. The fourth-order valence-corrected chi connectivity index (χ4v) is 3.17. The van der Waals surface area contributed by atoms with E-state index in [4.69, 9.17) is 0 Å². The van der Waals surface area contributed by atoms with E-state index in [1.807, 2.05) is 24.5 Å². The normalized spacial score (nSPS) is 23.1. The lowest BCUT2D eigenvalue weighted by Crippen LogP contribution is -3.12. The molecule has 5 nitrogen and oxygen atoms in total. The van der Waals surface area contributed by atoms with Gasteiger partial charge in [0.1, 0.15) is 12.2 Å². The maximum atomic E-state index is 10.9. The number of piperidine rings is 1. The molecular formula is C14H16BrN3O2. The minimum atomic E-state index is -0.900. The zero-order chi connectivity index (χ0) is 14.1. The summed E-state index contributed by atoms with van der Waals surface area (Å²) in [5.74, 6) is -1.17. The van der Waals surface area contributed by atoms with Gasteiger partial charge in [0.15, 0.2) is 0 Å². The summed E-state index contributed by atoms with van der Waals surface area (Å²) in [7, 11) is 0. The lowest BCUT2D eigenvalue weighted by atomic mass is 9.97. The number of carbonyl (C=O) groups excluding carboxylic acids is 1. The van der Waals surface area contributed by atoms with Crippen LogP contribution in [0.2, 0.25) is 0 Å². The van der Waals surface area contributed by atoms with Gasteiger partial charge in [0.05, 0.1) is 25.0 Å². The minimum absolute atomic E-state index is 0.268. The number of pyridine rings is 1. The summed E-state index contributed by atoms with van der Waals surface area (Å²) in [4.78, 5) is 16.7. The largest absolute Gasteiger partial charge is 0.550 e. The molecule has 6 heteroatoms. The van der Waals surface area contributed by atoms with Gasteiger partial charge in [0, 0.05) is 35.4 Å². The highest BCUT2D eigenvalue weighted by molar-refractivity contribution is 9.10. The lowest BCUT2D eigenvalue weighted by Gasteiger charge is -2.29. The Labute approximate surface area is 125 Å². The summed E-state index contributed by atoms with van der Waals surface area (Å²) in [6.07, 6.45) is 5.33. The van der Waals surface area contributed by atoms with Gasteiger partial charge in [-0.25, -0.2) is 4.98 Å². The fourth-order valence-electron chi connectivity index (χ4n) is 2.83. The molecule has 0 aliphatic carbocycles. The molecule has 1 aliphatic heterocycles. The van der Waals surface area contributed by atoms with Crippen LogP contribution in [-0.4, -0.2) is 28.4 Å². The predicted octanol–water partition coefficient (Wildman–Crippen LogP) is -0.358. The Balaban J connectivity index is 1.71. The van der Waals surface area contributed by atoms with E-state index in [2.05, 4.69) is 25.3 Å². The number of carboxylic acids is 1. The van der Waals surface area contributed by atoms with E-state index < -0.39 is 5.97 Å². The van der Waals surface area contributed by atoms with Gasteiger partial charge in [-0.1, -0.05) is 0 Å². The van der Waals surface area contributed by atoms with Crippen LogP contribution in [0.5, 0.6) is 0 Å². The maximum Gasteiger partial charge on any atom is 0.137 e. The monoisotopic (exact) mass is 337 g/mol. The van der Waals surface area contributed by atoms with Crippen LogP contribution in [0.3, 0.4) is 0 Å². The molecule has 2 aromatic heterocycles. The van der Waals surface area contributed by atoms with E-state index in [-0.39, 0.29) is 5.92 Å². The molecule has 1 N–H and O–H groups in total. The van der Waals surface area contributed by atoms with E-state index >= 15 is 0 Å². The summed E-state index contributed by atoms with van der Waals surface area (Å²) in [5.41, 5.74) is 2.09. The number of carbonyl (C=O) groups is 1. The number of rotatable bonds is 3. The van der Waals surface area contributed by atoms with Crippen LogP contribution in [0.15, 0.2) is 29.0 Å². The third-order valence-electron chi connectivity index (χ3n) is 4.00. The molecule has 0 unspecified atom stereocenters. The highest BCUT2D eigenvalue weighted by Crippen LogP contribution is 2.14. The molecule has 0 atom stereocenters. The van der Waals surface area contributed by atoms with Gasteiger partial charge in [-0.2, -0.15) is 0 Å². The van der Waals surface area contributed by atoms with Crippen molar-refractivity contribution in [1.82, 2.24) is 9.38 Å². The number of likely N-dealkylation sites (tertiary alicyclic amines) is 1. The Morgan fingerprint density at radius 2 is 2.20 bits per heavy atom. The number of nitrogens with one attached hydrogen (secondary N) is 1. The number of quaternary nitrogens is 1. The third-order valence-corrected chi connectivity index (χ3v) is 4.47. The first-order valence-electron chi connectivity index (χ1n) is 6.79. The number of imidazole rings is 1. The number of carboxylic acid groups (broad SMARTS) is 1. The van der Waals surface area contributed by atoms with Crippen LogP contribution in [-0.2, 0) is 11.3 Å². The number of aromatic nitrogens is 2. The van der Waals surface area contributed by atoms with E-state index in [1.54, 1.807) is 0 Å². The van der Waals surface area contributed by atoms with Crippen molar-refractivity contribution in [3.8, 4) is 0 Å². The van der Waals surface area contributed by atoms with Crippen molar-refractivity contribution < 1.29 is 14.8 Å². The summed E-state index contributed by atoms with van der Waals surface area (Å²) in [5, 5.41) is 10.9. The van der Waals surface area contributed by atoms with Gasteiger partial charge in [0.2, 0.25) is 0 Å². The van der Waals surface area contributed by atoms with Crippen molar-refractivity contribution in [2.45, 2.75) is 19.4 Å². The summed E-state index contributed by atoms with van der Waals surface area (Å²) in [6.45, 7) is 2.62. The average Bonchev–Trinajstić information content (AvgIpc) is 2.82. The van der Waals surface area contributed by atoms with Crippen LogP contribution in [0.4, 0.5) is 0 Å². The summed E-state index contributed by atoms with van der Waals surface area (Å²) in [6, 6.07) is 3.95. The van der Waals surface area contributed by atoms with Crippen LogP contribution in [0.1, 0.15) is 18.5 Å². The van der Waals surface area contributed by atoms with E-state index in [0.29, 0.717) is 12.8 Å². The van der Waals surface area contributed by atoms with Crippen LogP contribution in [0, 0.1) is 5.92 Å². The van der Waals surface area contributed by atoms with E-state index in [9.17, 15) is 9.90 Å². The van der Waals surface area contributed by atoms with Gasteiger partial charge >= 0.3 is 0 Å². The van der Waals surface area contributed by atoms with Crippen molar-refractivity contribution in [3.05, 3.63) is 34.7 Å². The molecule has 1 aliphatic rings. The number of nitrogens with zero attached hydrogens (tertiary/aromatic N) is 2. The topological polar surface area (TPSA) is 61.9 Å². The highest BCUT2D eigenvalue weighted by atomic mass is 79.9. The Bertz CT molecular complexity index is 632. The molecule has 0 spiro atoms. The molecular weight excluding hydrogens is 322 g/mol. The Morgan fingerprint density at radius 1 is 1.45 bits per heavy atom. The molecule has 0 radical (unpaired) electrons. The lowest BCUT2D eigenvalue weighted by molar-refractivity contribution is -0.919. The molecule has 0 bridgehead atoms. The smallest absolute Gasteiger partial charge is 0.137 e. The molecule has 3 rings (SSSR count). The molecule has 0 amide bonds. The molecule has 20 heavy (non-hydrogen) atoms.